The third kappa shape index (κ3) is 6.52. The molecular formula is C31H49NO3S. The van der Waals surface area contributed by atoms with Crippen LogP contribution in [-0.4, -0.2) is 21.6 Å². The minimum atomic E-state index is -3.56. The lowest BCUT2D eigenvalue weighted by Crippen LogP contribution is -2.27. The Bertz CT molecular complexity index is 1150. The highest BCUT2D eigenvalue weighted by Gasteiger charge is 2.27. The van der Waals surface area contributed by atoms with Crippen LogP contribution in [0.2, 0.25) is 0 Å². The van der Waals surface area contributed by atoms with E-state index in [0.717, 1.165) is 52.8 Å². The molecule has 0 aliphatic heterocycles. The Balaban J connectivity index is 2.05. The summed E-state index contributed by atoms with van der Waals surface area (Å²) >= 11 is 0. The molecule has 2 rings (SSSR count). The van der Waals surface area contributed by atoms with Crippen LogP contribution in [-0.2, 0) is 20.9 Å². The van der Waals surface area contributed by atoms with E-state index in [1.165, 1.54) is 11.1 Å². The Morgan fingerprint density at radius 3 is 1.83 bits per heavy atom. The number of unbranched alkanes of at least 4 members (excludes halogenated alkanes) is 1. The molecule has 4 nitrogen and oxygen atoms in total. The molecule has 0 bridgehead atoms. The van der Waals surface area contributed by atoms with Gasteiger partial charge in [0.15, 0.2) is 0 Å². The summed E-state index contributed by atoms with van der Waals surface area (Å²) in [5.74, 6) is 0.940. The molecule has 0 fully saturated rings. The van der Waals surface area contributed by atoms with Crippen LogP contribution in [0.1, 0.15) is 106 Å². The molecule has 0 aromatic heterocycles. The second kappa shape index (κ2) is 11.7. The maximum Gasteiger partial charge on any atom is 0.241 e. The maximum atomic E-state index is 13.1. The number of nitrogens with one attached hydrogen (secondary N) is 1. The van der Waals surface area contributed by atoms with Gasteiger partial charge in [-0.05, 0) is 111 Å². The van der Waals surface area contributed by atoms with Gasteiger partial charge >= 0.3 is 0 Å². The van der Waals surface area contributed by atoms with E-state index in [2.05, 4.69) is 71.4 Å². The highest BCUT2D eigenvalue weighted by atomic mass is 32.2. The Kier molecular flexibility index (Phi) is 9.86. The molecule has 0 saturated carbocycles. The molecule has 0 atom stereocenters. The van der Waals surface area contributed by atoms with Crippen molar-refractivity contribution in [2.75, 3.05) is 13.2 Å². The van der Waals surface area contributed by atoms with Gasteiger partial charge in [0.2, 0.25) is 10.0 Å². The Hall–Kier alpha value is -1.85. The van der Waals surface area contributed by atoms with Crippen molar-refractivity contribution in [2.45, 2.75) is 118 Å². The number of ether oxygens (including phenoxy) is 1. The van der Waals surface area contributed by atoms with Gasteiger partial charge in [-0.25, -0.2) is 13.1 Å². The first-order chi connectivity index (χ1) is 16.6. The highest BCUT2D eigenvalue weighted by molar-refractivity contribution is 7.89. The Labute approximate surface area is 221 Å². The number of hydrogen-bond donors (Lipinski definition) is 1. The Morgan fingerprint density at radius 2 is 1.31 bits per heavy atom. The number of sulfonamides is 1. The second-order valence-corrected chi connectivity index (χ2v) is 13.3. The first-order valence-corrected chi connectivity index (χ1v) is 14.9. The number of hydrogen-bond acceptors (Lipinski definition) is 3. The molecule has 0 aliphatic rings. The minimum absolute atomic E-state index is 0.0187. The van der Waals surface area contributed by atoms with Crippen LogP contribution in [0.5, 0.6) is 5.75 Å². The van der Waals surface area contributed by atoms with Crippen molar-refractivity contribution < 1.29 is 13.2 Å². The van der Waals surface area contributed by atoms with Crippen molar-refractivity contribution in [3.8, 4) is 5.75 Å². The predicted octanol–water partition coefficient (Wildman–Crippen LogP) is 7.74. The van der Waals surface area contributed by atoms with Gasteiger partial charge in [0.1, 0.15) is 5.75 Å². The largest absolute Gasteiger partial charge is 0.493 e. The summed E-state index contributed by atoms with van der Waals surface area (Å²) < 4.78 is 35.3. The summed E-state index contributed by atoms with van der Waals surface area (Å²) in [6.07, 6.45) is 3.60. The average molecular weight is 516 g/mol. The third-order valence-corrected chi connectivity index (χ3v) is 10.3. The monoisotopic (exact) mass is 515 g/mol. The average Bonchev–Trinajstić information content (AvgIpc) is 2.83. The van der Waals surface area contributed by atoms with Crippen LogP contribution in [0.4, 0.5) is 0 Å². The smallest absolute Gasteiger partial charge is 0.241 e. The summed E-state index contributed by atoms with van der Waals surface area (Å²) in [6.45, 7) is 24.4. The van der Waals surface area contributed by atoms with Gasteiger partial charge in [0.25, 0.3) is 0 Å². The zero-order valence-corrected chi connectivity index (χ0v) is 25.4. The van der Waals surface area contributed by atoms with Gasteiger partial charge in [-0.1, -0.05) is 53.7 Å². The lowest BCUT2D eigenvalue weighted by molar-refractivity contribution is 0.296. The van der Waals surface area contributed by atoms with Crippen LogP contribution in [0, 0.1) is 34.6 Å². The highest BCUT2D eigenvalue weighted by Crippen LogP contribution is 2.38. The summed E-state index contributed by atoms with van der Waals surface area (Å²) in [7, 11) is -3.56. The molecule has 0 amide bonds. The molecule has 1 N–H and O–H groups in total. The first-order valence-electron chi connectivity index (χ1n) is 13.4. The van der Waals surface area contributed by atoms with Crippen molar-refractivity contribution in [3.63, 3.8) is 0 Å². The molecular weight excluding hydrogens is 466 g/mol. The number of benzene rings is 2. The molecule has 2 aromatic carbocycles. The minimum Gasteiger partial charge on any atom is -0.493 e. The molecule has 202 valence electrons. The van der Waals surface area contributed by atoms with Crippen molar-refractivity contribution >= 4 is 10.0 Å². The summed E-state index contributed by atoms with van der Waals surface area (Å²) in [6, 6.07) is 6.64. The lowest BCUT2D eigenvalue weighted by Gasteiger charge is -2.30. The Morgan fingerprint density at radius 1 is 0.778 bits per heavy atom. The van der Waals surface area contributed by atoms with Crippen LogP contribution >= 0.6 is 0 Å². The first kappa shape index (κ1) is 30.4. The molecule has 2 aromatic rings. The third-order valence-electron chi connectivity index (χ3n) is 8.58. The van der Waals surface area contributed by atoms with E-state index in [4.69, 9.17) is 4.74 Å². The molecule has 36 heavy (non-hydrogen) atoms. The van der Waals surface area contributed by atoms with Crippen LogP contribution in [0.15, 0.2) is 23.1 Å². The fourth-order valence-corrected chi connectivity index (χ4v) is 6.23. The molecule has 0 spiro atoms. The van der Waals surface area contributed by atoms with E-state index in [0.29, 0.717) is 24.5 Å². The van der Waals surface area contributed by atoms with E-state index >= 15 is 0 Å². The molecule has 5 heteroatoms. The van der Waals surface area contributed by atoms with Crippen LogP contribution < -0.4 is 9.46 Å². The van der Waals surface area contributed by atoms with Crippen molar-refractivity contribution in [3.05, 3.63) is 57.1 Å². The van der Waals surface area contributed by atoms with Gasteiger partial charge in [-0.2, -0.15) is 0 Å². The van der Waals surface area contributed by atoms with Crippen molar-refractivity contribution in [1.29, 1.82) is 0 Å². The molecule has 0 radical (unpaired) electrons. The summed E-state index contributed by atoms with van der Waals surface area (Å²) in [5.41, 5.74) is 7.68. The van der Waals surface area contributed by atoms with Gasteiger partial charge in [0.05, 0.1) is 11.5 Å². The molecule has 0 unspecified atom stereocenters. The van der Waals surface area contributed by atoms with E-state index in [-0.39, 0.29) is 10.8 Å². The zero-order chi connectivity index (χ0) is 27.5. The number of rotatable bonds is 12. The summed E-state index contributed by atoms with van der Waals surface area (Å²) in [5, 5.41) is 0. The maximum absolute atomic E-state index is 13.1. The van der Waals surface area contributed by atoms with Crippen LogP contribution in [0.3, 0.4) is 0 Å². The fraction of sp³-hybridized carbons (Fsp3) is 0.613. The normalized spacial score (nSPS) is 12.8. The van der Waals surface area contributed by atoms with Gasteiger partial charge < -0.3 is 4.74 Å². The van der Waals surface area contributed by atoms with E-state index in [1.54, 1.807) is 0 Å². The van der Waals surface area contributed by atoms with Gasteiger partial charge in [0, 0.05) is 12.1 Å². The fourth-order valence-electron chi connectivity index (χ4n) is 4.56. The topological polar surface area (TPSA) is 55.4 Å². The molecule has 0 saturated heterocycles. The van der Waals surface area contributed by atoms with E-state index in [1.807, 2.05) is 27.7 Å². The van der Waals surface area contributed by atoms with Gasteiger partial charge in [-0.3, -0.25) is 0 Å². The zero-order valence-electron chi connectivity index (χ0n) is 24.6. The van der Waals surface area contributed by atoms with Crippen molar-refractivity contribution in [1.82, 2.24) is 4.72 Å². The van der Waals surface area contributed by atoms with Gasteiger partial charge in [-0.15, -0.1) is 0 Å². The summed E-state index contributed by atoms with van der Waals surface area (Å²) in [4.78, 5) is 0.431. The predicted molar refractivity (Wildman–Crippen MR) is 153 cm³/mol. The van der Waals surface area contributed by atoms with E-state index in [9.17, 15) is 8.42 Å². The van der Waals surface area contributed by atoms with Crippen LogP contribution in [0.25, 0.3) is 0 Å². The van der Waals surface area contributed by atoms with E-state index < -0.39 is 10.0 Å². The molecule has 0 aliphatic carbocycles. The molecule has 0 heterocycles. The second-order valence-electron chi connectivity index (χ2n) is 11.6. The standard InChI is InChI=1S/C31H49NO3S/c1-12-30(8,9)26-16-17-28(27(20-26)31(10,11)13-2)35-19-15-14-18-32-36(33,34)29-24(6)22(4)21(3)23(5)25(29)7/h16-17,20,32H,12-15,18-19H2,1-11H3. The lowest BCUT2D eigenvalue weighted by atomic mass is 9.76. The van der Waals surface area contributed by atoms with Crippen molar-refractivity contribution in [2.24, 2.45) is 0 Å². The quantitative estimate of drug-likeness (QED) is 0.294. The SMILES string of the molecule is CCC(C)(C)c1ccc(OCCCCNS(=O)(=O)c2c(C)c(C)c(C)c(C)c2C)c(C(C)(C)CC)c1.